The van der Waals surface area contributed by atoms with Gasteiger partial charge in [0.15, 0.2) is 0 Å². The van der Waals surface area contributed by atoms with Crippen molar-refractivity contribution in [3.05, 3.63) is 34.5 Å². The summed E-state index contributed by atoms with van der Waals surface area (Å²) in [5, 5.41) is 1.37. The van der Waals surface area contributed by atoms with Crippen molar-refractivity contribution in [1.29, 1.82) is 0 Å². The third kappa shape index (κ3) is 1.30. The Morgan fingerprint density at radius 3 is 2.94 bits per heavy atom. The van der Waals surface area contributed by atoms with Gasteiger partial charge in [-0.1, -0.05) is 6.07 Å². The molecule has 84 valence electrons. The maximum atomic E-state index is 6.24. The lowest BCUT2D eigenvalue weighted by Crippen LogP contribution is -2.16. The third-order valence-electron chi connectivity index (χ3n) is 3.67. The Bertz CT molecular complexity index is 551. The Hall–Kier alpha value is -1.28. The second-order valence-electron chi connectivity index (χ2n) is 5.02. The molecule has 1 aliphatic carbocycles. The highest BCUT2D eigenvalue weighted by Crippen LogP contribution is 2.36. The summed E-state index contributed by atoms with van der Waals surface area (Å²) in [5.41, 5.74) is 12.9. The number of hydrogen-bond donors (Lipinski definition) is 2. The molecule has 0 aliphatic heterocycles. The van der Waals surface area contributed by atoms with Gasteiger partial charge >= 0.3 is 0 Å². The van der Waals surface area contributed by atoms with Crippen LogP contribution in [0.3, 0.4) is 0 Å². The monoisotopic (exact) mass is 214 g/mol. The standard InChI is InChI=1S/C14H18N2/c1-8-6-9(2)13-12(7-8)16-11-5-3-4-10(15)14(11)13/h6-7,10,16H,3-5,15H2,1-2H3. The van der Waals surface area contributed by atoms with Crippen LogP contribution in [0.1, 0.15) is 41.3 Å². The molecule has 0 spiro atoms. The van der Waals surface area contributed by atoms with Gasteiger partial charge in [0.05, 0.1) is 0 Å². The third-order valence-corrected chi connectivity index (χ3v) is 3.67. The summed E-state index contributed by atoms with van der Waals surface area (Å²) in [6, 6.07) is 4.70. The van der Waals surface area contributed by atoms with Crippen LogP contribution in [-0.4, -0.2) is 4.98 Å². The minimum Gasteiger partial charge on any atom is -0.358 e. The van der Waals surface area contributed by atoms with E-state index >= 15 is 0 Å². The fourth-order valence-corrected chi connectivity index (χ4v) is 3.05. The van der Waals surface area contributed by atoms with Gasteiger partial charge in [-0.3, -0.25) is 0 Å². The topological polar surface area (TPSA) is 41.8 Å². The number of nitrogens with one attached hydrogen (secondary N) is 1. The first-order valence-corrected chi connectivity index (χ1v) is 6.04. The summed E-state index contributed by atoms with van der Waals surface area (Å²) < 4.78 is 0. The molecule has 1 aromatic heterocycles. The molecule has 16 heavy (non-hydrogen) atoms. The summed E-state index contributed by atoms with van der Waals surface area (Å²) >= 11 is 0. The van der Waals surface area contributed by atoms with Crippen LogP contribution in [0.4, 0.5) is 0 Å². The molecule has 1 unspecified atom stereocenters. The van der Waals surface area contributed by atoms with Crippen molar-refractivity contribution in [2.24, 2.45) is 5.73 Å². The fourth-order valence-electron chi connectivity index (χ4n) is 3.05. The molecule has 1 aromatic carbocycles. The number of aryl methyl sites for hydroxylation is 3. The number of aromatic amines is 1. The van der Waals surface area contributed by atoms with E-state index in [1.54, 1.807) is 0 Å². The van der Waals surface area contributed by atoms with E-state index in [1.807, 2.05) is 0 Å². The van der Waals surface area contributed by atoms with E-state index in [4.69, 9.17) is 5.73 Å². The molecule has 1 aliphatic rings. The van der Waals surface area contributed by atoms with Crippen molar-refractivity contribution in [3.63, 3.8) is 0 Å². The lowest BCUT2D eigenvalue weighted by atomic mass is 9.90. The molecule has 0 saturated carbocycles. The van der Waals surface area contributed by atoms with Gasteiger partial charge in [0.1, 0.15) is 0 Å². The molecular formula is C14H18N2. The van der Waals surface area contributed by atoms with Crippen LogP contribution in [0.25, 0.3) is 10.9 Å². The van der Waals surface area contributed by atoms with Crippen LogP contribution in [0.5, 0.6) is 0 Å². The molecule has 1 heterocycles. The molecule has 0 radical (unpaired) electrons. The highest BCUT2D eigenvalue weighted by molar-refractivity contribution is 5.89. The molecule has 0 saturated heterocycles. The van der Waals surface area contributed by atoms with Gasteiger partial charge in [-0.2, -0.15) is 0 Å². The maximum absolute atomic E-state index is 6.24. The number of fused-ring (bicyclic) bond motifs is 3. The van der Waals surface area contributed by atoms with Gasteiger partial charge in [0.25, 0.3) is 0 Å². The Labute approximate surface area is 95.8 Å². The average Bonchev–Trinajstić information content (AvgIpc) is 2.56. The Morgan fingerprint density at radius 2 is 2.12 bits per heavy atom. The Balaban J connectivity index is 2.38. The number of nitrogens with two attached hydrogens (primary N) is 1. The molecule has 0 amide bonds. The average molecular weight is 214 g/mol. The van der Waals surface area contributed by atoms with Gasteiger partial charge in [-0.25, -0.2) is 0 Å². The van der Waals surface area contributed by atoms with Crippen molar-refractivity contribution < 1.29 is 0 Å². The number of aromatic nitrogens is 1. The van der Waals surface area contributed by atoms with Gasteiger partial charge < -0.3 is 10.7 Å². The molecule has 2 heteroatoms. The van der Waals surface area contributed by atoms with Crippen LogP contribution < -0.4 is 5.73 Å². The Morgan fingerprint density at radius 1 is 1.31 bits per heavy atom. The largest absolute Gasteiger partial charge is 0.358 e. The summed E-state index contributed by atoms with van der Waals surface area (Å²) in [4.78, 5) is 3.55. The normalized spacial score (nSPS) is 20.1. The molecular weight excluding hydrogens is 196 g/mol. The molecule has 1 atom stereocenters. The second-order valence-corrected chi connectivity index (χ2v) is 5.02. The van der Waals surface area contributed by atoms with Crippen molar-refractivity contribution in [2.75, 3.05) is 0 Å². The zero-order valence-corrected chi connectivity index (χ0v) is 9.93. The number of H-pyrrole nitrogens is 1. The first-order chi connectivity index (χ1) is 7.66. The van der Waals surface area contributed by atoms with Gasteiger partial charge in [0, 0.05) is 22.6 Å². The molecule has 0 fully saturated rings. The second kappa shape index (κ2) is 3.36. The van der Waals surface area contributed by atoms with Crippen molar-refractivity contribution in [1.82, 2.24) is 4.98 Å². The van der Waals surface area contributed by atoms with E-state index in [1.165, 1.54) is 39.7 Å². The summed E-state index contributed by atoms with van der Waals surface area (Å²) in [6.45, 7) is 4.33. The van der Waals surface area contributed by atoms with Gasteiger partial charge in [-0.15, -0.1) is 0 Å². The van der Waals surface area contributed by atoms with Gasteiger partial charge in [-0.05, 0) is 55.9 Å². The predicted molar refractivity (Wildman–Crippen MR) is 67.6 cm³/mol. The van der Waals surface area contributed by atoms with Gasteiger partial charge in [0.2, 0.25) is 0 Å². The van der Waals surface area contributed by atoms with Crippen molar-refractivity contribution in [3.8, 4) is 0 Å². The lowest BCUT2D eigenvalue weighted by Gasteiger charge is -2.19. The number of hydrogen-bond acceptors (Lipinski definition) is 1. The minimum absolute atomic E-state index is 0.221. The summed E-state index contributed by atoms with van der Waals surface area (Å²) in [6.07, 6.45) is 3.47. The molecule has 3 rings (SSSR count). The zero-order chi connectivity index (χ0) is 11.3. The van der Waals surface area contributed by atoms with Crippen LogP contribution >= 0.6 is 0 Å². The first kappa shape index (κ1) is 9.91. The molecule has 0 bridgehead atoms. The molecule has 3 N–H and O–H groups in total. The van der Waals surface area contributed by atoms with E-state index in [0.717, 1.165) is 12.8 Å². The number of benzene rings is 1. The molecule has 2 nitrogen and oxygen atoms in total. The summed E-state index contributed by atoms with van der Waals surface area (Å²) in [7, 11) is 0. The van der Waals surface area contributed by atoms with Crippen LogP contribution in [-0.2, 0) is 6.42 Å². The minimum atomic E-state index is 0.221. The number of rotatable bonds is 0. The first-order valence-electron chi connectivity index (χ1n) is 6.04. The van der Waals surface area contributed by atoms with Crippen LogP contribution in [0, 0.1) is 13.8 Å². The zero-order valence-electron chi connectivity index (χ0n) is 9.93. The highest BCUT2D eigenvalue weighted by Gasteiger charge is 2.22. The van der Waals surface area contributed by atoms with Crippen LogP contribution in [0.15, 0.2) is 12.1 Å². The maximum Gasteiger partial charge on any atom is 0.0464 e. The SMILES string of the molecule is Cc1cc(C)c2c3c([nH]c2c1)CCCC3N. The Kier molecular flexibility index (Phi) is 2.08. The van der Waals surface area contributed by atoms with Crippen LogP contribution in [0.2, 0.25) is 0 Å². The van der Waals surface area contributed by atoms with Crippen molar-refractivity contribution in [2.45, 2.75) is 39.2 Å². The smallest absolute Gasteiger partial charge is 0.0464 e. The van der Waals surface area contributed by atoms with E-state index in [0.29, 0.717) is 0 Å². The fraction of sp³-hybridized carbons (Fsp3) is 0.429. The highest BCUT2D eigenvalue weighted by atomic mass is 14.8. The van der Waals surface area contributed by atoms with E-state index in [-0.39, 0.29) is 6.04 Å². The molecule has 2 aromatic rings. The lowest BCUT2D eigenvalue weighted by molar-refractivity contribution is 0.569. The van der Waals surface area contributed by atoms with E-state index in [2.05, 4.69) is 31.0 Å². The predicted octanol–water partition coefficient (Wildman–Crippen LogP) is 3.12. The van der Waals surface area contributed by atoms with E-state index < -0.39 is 0 Å². The van der Waals surface area contributed by atoms with E-state index in [9.17, 15) is 0 Å². The quantitative estimate of drug-likeness (QED) is 0.695. The van der Waals surface area contributed by atoms with Crippen molar-refractivity contribution >= 4 is 10.9 Å². The summed E-state index contributed by atoms with van der Waals surface area (Å²) in [5.74, 6) is 0.